The van der Waals surface area contributed by atoms with Crippen LogP contribution in [0.2, 0.25) is 0 Å². The highest BCUT2D eigenvalue weighted by atomic mass is 79.9. The Hall–Kier alpha value is -1.03. The van der Waals surface area contributed by atoms with Crippen molar-refractivity contribution in [3.63, 3.8) is 0 Å². The molecular formula is C11H15BrN2O. The van der Waals surface area contributed by atoms with Gasteiger partial charge in [-0.25, -0.2) is 0 Å². The highest BCUT2D eigenvalue weighted by Crippen LogP contribution is 2.30. The number of carbonyl (C=O) groups excluding carboxylic acids is 1. The summed E-state index contributed by atoms with van der Waals surface area (Å²) in [6.07, 6.45) is 1.34. The summed E-state index contributed by atoms with van der Waals surface area (Å²) in [5, 5.41) is 2.80. The molecule has 0 spiro atoms. The van der Waals surface area contributed by atoms with E-state index in [9.17, 15) is 4.79 Å². The third-order valence-electron chi connectivity index (χ3n) is 2.01. The third kappa shape index (κ3) is 3.23. The zero-order valence-electron chi connectivity index (χ0n) is 8.93. The summed E-state index contributed by atoms with van der Waals surface area (Å²) < 4.78 is 0.824. The van der Waals surface area contributed by atoms with Gasteiger partial charge >= 0.3 is 0 Å². The summed E-state index contributed by atoms with van der Waals surface area (Å²) >= 11 is 3.38. The van der Waals surface area contributed by atoms with Gasteiger partial charge in [0.05, 0.1) is 11.4 Å². The first-order valence-electron chi connectivity index (χ1n) is 4.90. The summed E-state index contributed by atoms with van der Waals surface area (Å²) in [7, 11) is 0. The lowest BCUT2D eigenvalue weighted by Crippen LogP contribution is -2.12. The van der Waals surface area contributed by atoms with Crippen molar-refractivity contribution in [2.75, 3.05) is 11.1 Å². The van der Waals surface area contributed by atoms with Crippen molar-refractivity contribution in [1.29, 1.82) is 0 Å². The van der Waals surface area contributed by atoms with Crippen LogP contribution in [-0.2, 0) is 4.79 Å². The van der Waals surface area contributed by atoms with E-state index in [1.165, 1.54) is 0 Å². The van der Waals surface area contributed by atoms with Crippen LogP contribution in [0.3, 0.4) is 0 Å². The molecule has 0 aliphatic heterocycles. The van der Waals surface area contributed by atoms with Crippen molar-refractivity contribution in [3.8, 4) is 0 Å². The van der Waals surface area contributed by atoms with Crippen LogP contribution in [0.15, 0.2) is 16.6 Å². The number of anilines is 2. The predicted molar refractivity (Wildman–Crippen MR) is 66.8 cm³/mol. The molecule has 0 aliphatic rings. The smallest absolute Gasteiger partial charge is 0.224 e. The monoisotopic (exact) mass is 270 g/mol. The molecule has 3 N–H and O–H groups in total. The Bertz CT molecular complexity index is 354. The Kier molecular flexibility index (Phi) is 4.15. The molecule has 1 amide bonds. The van der Waals surface area contributed by atoms with Gasteiger partial charge < -0.3 is 11.1 Å². The number of nitrogens with two attached hydrogens (primary N) is 1. The van der Waals surface area contributed by atoms with Gasteiger partial charge in [0.1, 0.15) is 0 Å². The highest BCUT2D eigenvalue weighted by Gasteiger charge is 2.08. The van der Waals surface area contributed by atoms with E-state index in [0.29, 0.717) is 17.8 Å². The number of halogens is 1. The number of hydrogen-bond acceptors (Lipinski definition) is 2. The summed E-state index contributed by atoms with van der Waals surface area (Å²) in [6, 6.07) is 3.77. The second kappa shape index (κ2) is 5.16. The summed E-state index contributed by atoms with van der Waals surface area (Å²) in [4.78, 5) is 11.4. The Morgan fingerprint density at radius 2 is 2.20 bits per heavy atom. The number of carbonyl (C=O) groups is 1. The quantitative estimate of drug-likeness (QED) is 0.830. The molecule has 82 valence electrons. The van der Waals surface area contributed by atoms with Crippen molar-refractivity contribution in [3.05, 3.63) is 22.2 Å². The van der Waals surface area contributed by atoms with Gasteiger partial charge in [-0.1, -0.05) is 6.92 Å². The van der Waals surface area contributed by atoms with Crippen molar-refractivity contribution < 1.29 is 4.79 Å². The lowest BCUT2D eigenvalue weighted by molar-refractivity contribution is -0.116. The molecule has 1 aromatic carbocycles. The van der Waals surface area contributed by atoms with Crippen LogP contribution in [-0.4, -0.2) is 5.91 Å². The fraction of sp³-hybridized carbons (Fsp3) is 0.364. The van der Waals surface area contributed by atoms with E-state index in [-0.39, 0.29) is 5.91 Å². The second-order valence-electron chi connectivity index (χ2n) is 3.51. The molecule has 0 bridgehead atoms. The van der Waals surface area contributed by atoms with E-state index in [0.717, 1.165) is 16.5 Å². The Balaban J connectivity index is 2.90. The summed E-state index contributed by atoms with van der Waals surface area (Å²) in [5.41, 5.74) is 8.14. The minimum absolute atomic E-state index is 0.00578. The largest absolute Gasteiger partial charge is 0.397 e. The molecule has 15 heavy (non-hydrogen) atoms. The van der Waals surface area contributed by atoms with E-state index in [1.54, 1.807) is 0 Å². The molecule has 0 fully saturated rings. The Labute approximate surface area is 98.2 Å². The van der Waals surface area contributed by atoms with E-state index in [1.807, 2.05) is 26.0 Å². The molecule has 0 atom stereocenters. The molecular weight excluding hydrogens is 256 g/mol. The fourth-order valence-corrected chi connectivity index (χ4v) is 2.02. The van der Waals surface area contributed by atoms with Gasteiger partial charge in [0.2, 0.25) is 5.91 Å². The van der Waals surface area contributed by atoms with Gasteiger partial charge in [-0.15, -0.1) is 0 Å². The number of aryl methyl sites for hydroxylation is 1. The molecule has 0 saturated carbocycles. The number of nitrogens with one attached hydrogen (secondary N) is 1. The topological polar surface area (TPSA) is 55.1 Å². The molecule has 0 saturated heterocycles. The van der Waals surface area contributed by atoms with Crippen molar-refractivity contribution >= 4 is 33.2 Å². The van der Waals surface area contributed by atoms with Gasteiger partial charge in [0.25, 0.3) is 0 Å². The molecule has 0 radical (unpaired) electrons. The minimum atomic E-state index is -0.00578. The van der Waals surface area contributed by atoms with E-state index in [4.69, 9.17) is 5.73 Å². The SMILES string of the molecule is CCCC(=O)Nc1c(N)cc(C)cc1Br. The zero-order valence-corrected chi connectivity index (χ0v) is 10.5. The second-order valence-corrected chi connectivity index (χ2v) is 4.36. The van der Waals surface area contributed by atoms with Gasteiger partial charge in [-0.2, -0.15) is 0 Å². The number of benzene rings is 1. The molecule has 0 aromatic heterocycles. The fourth-order valence-electron chi connectivity index (χ4n) is 1.33. The molecule has 0 aliphatic carbocycles. The van der Waals surface area contributed by atoms with Gasteiger partial charge in [0.15, 0.2) is 0 Å². The number of nitrogen functional groups attached to an aromatic ring is 1. The molecule has 3 nitrogen and oxygen atoms in total. The zero-order chi connectivity index (χ0) is 11.4. The highest BCUT2D eigenvalue weighted by molar-refractivity contribution is 9.10. The van der Waals surface area contributed by atoms with Crippen LogP contribution in [0.4, 0.5) is 11.4 Å². The molecule has 1 aromatic rings. The lowest BCUT2D eigenvalue weighted by Gasteiger charge is -2.10. The van der Waals surface area contributed by atoms with Crippen LogP contribution >= 0.6 is 15.9 Å². The van der Waals surface area contributed by atoms with Gasteiger partial charge in [-0.3, -0.25) is 4.79 Å². The van der Waals surface area contributed by atoms with Crippen molar-refractivity contribution in [2.24, 2.45) is 0 Å². The summed E-state index contributed by atoms with van der Waals surface area (Å²) in [6.45, 7) is 3.92. The van der Waals surface area contributed by atoms with E-state index in [2.05, 4.69) is 21.2 Å². The molecule has 1 rings (SSSR count). The average molecular weight is 271 g/mol. The van der Waals surface area contributed by atoms with E-state index >= 15 is 0 Å². The first-order valence-corrected chi connectivity index (χ1v) is 5.69. The van der Waals surface area contributed by atoms with Crippen LogP contribution in [0.25, 0.3) is 0 Å². The maximum absolute atomic E-state index is 11.4. The van der Waals surface area contributed by atoms with Crippen LogP contribution in [0.5, 0.6) is 0 Å². The van der Waals surface area contributed by atoms with Crippen molar-refractivity contribution in [1.82, 2.24) is 0 Å². The summed E-state index contributed by atoms with van der Waals surface area (Å²) in [5.74, 6) is -0.00578. The van der Waals surface area contributed by atoms with Crippen LogP contribution < -0.4 is 11.1 Å². The Morgan fingerprint density at radius 3 is 2.73 bits per heavy atom. The number of rotatable bonds is 3. The first-order chi connectivity index (χ1) is 7.04. The Morgan fingerprint density at radius 1 is 1.53 bits per heavy atom. The number of amides is 1. The minimum Gasteiger partial charge on any atom is -0.397 e. The maximum Gasteiger partial charge on any atom is 0.224 e. The third-order valence-corrected chi connectivity index (χ3v) is 2.63. The maximum atomic E-state index is 11.4. The molecule has 4 heteroatoms. The van der Waals surface area contributed by atoms with Gasteiger partial charge in [0, 0.05) is 10.9 Å². The average Bonchev–Trinajstić information content (AvgIpc) is 2.11. The van der Waals surface area contributed by atoms with E-state index < -0.39 is 0 Å². The first kappa shape index (κ1) is 12.0. The van der Waals surface area contributed by atoms with Crippen molar-refractivity contribution in [2.45, 2.75) is 26.7 Å². The normalized spacial score (nSPS) is 10.1. The predicted octanol–water partition coefficient (Wildman–Crippen LogP) is 3.08. The number of hydrogen-bond donors (Lipinski definition) is 2. The van der Waals surface area contributed by atoms with Gasteiger partial charge in [-0.05, 0) is 47.0 Å². The van der Waals surface area contributed by atoms with Crippen LogP contribution in [0, 0.1) is 6.92 Å². The standard InChI is InChI=1S/C11H15BrN2O/c1-3-4-10(15)14-11-8(12)5-7(2)6-9(11)13/h5-6H,3-4,13H2,1-2H3,(H,14,15). The lowest BCUT2D eigenvalue weighted by atomic mass is 10.2. The van der Waals surface area contributed by atoms with Crippen LogP contribution in [0.1, 0.15) is 25.3 Å². The molecule has 0 heterocycles. The molecule has 0 unspecified atom stereocenters.